The summed E-state index contributed by atoms with van der Waals surface area (Å²) in [6.45, 7) is 7.70. The molecule has 2 aromatic carbocycles. The van der Waals surface area contributed by atoms with Crippen LogP contribution >= 0.6 is 12.2 Å². The van der Waals surface area contributed by atoms with Crippen LogP contribution in [0.15, 0.2) is 36.4 Å². The van der Waals surface area contributed by atoms with Gasteiger partial charge in [0.25, 0.3) is 0 Å². The van der Waals surface area contributed by atoms with Crippen LogP contribution in [0.5, 0.6) is 0 Å². The van der Waals surface area contributed by atoms with Crippen LogP contribution in [0.4, 0.5) is 5.69 Å². The summed E-state index contributed by atoms with van der Waals surface area (Å²) in [4.78, 5) is 0.446. The van der Waals surface area contributed by atoms with E-state index in [4.69, 9.17) is 18.0 Å². The molecule has 0 atom stereocenters. The molecule has 0 spiro atoms. The van der Waals surface area contributed by atoms with E-state index in [-0.39, 0.29) is 5.41 Å². The molecule has 2 rings (SSSR count). The maximum Gasteiger partial charge on any atom is 0.104 e. The molecule has 0 heterocycles. The van der Waals surface area contributed by atoms with Gasteiger partial charge in [-0.1, -0.05) is 57.3 Å². The minimum Gasteiger partial charge on any atom is -0.389 e. The van der Waals surface area contributed by atoms with Gasteiger partial charge in [-0.05, 0) is 29.4 Å². The molecule has 0 saturated carbocycles. The molecule has 20 heavy (non-hydrogen) atoms. The molecular formula is C17H22N2S. The molecule has 0 fully saturated rings. The Balaban J connectivity index is 2.41. The van der Waals surface area contributed by atoms with Crippen molar-refractivity contribution in [2.75, 3.05) is 11.9 Å². The molecule has 0 saturated heterocycles. The summed E-state index contributed by atoms with van der Waals surface area (Å²) in [5.74, 6) is 0. The van der Waals surface area contributed by atoms with Gasteiger partial charge in [-0.3, -0.25) is 0 Å². The van der Waals surface area contributed by atoms with Gasteiger partial charge in [-0.25, -0.2) is 0 Å². The highest BCUT2D eigenvalue weighted by Gasteiger charge is 2.15. The van der Waals surface area contributed by atoms with Crippen LogP contribution in [0.3, 0.4) is 0 Å². The molecule has 0 aliphatic carbocycles. The van der Waals surface area contributed by atoms with Crippen molar-refractivity contribution in [1.82, 2.24) is 0 Å². The van der Waals surface area contributed by atoms with Crippen molar-refractivity contribution < 1.29 is 0 Å². The lowest BCUT2D eigenvalue weighted by Crippen LogP contribution is -2.22. The molecule has 0 aromatic heterocycles. The first-order chi connectivity index (χ1) is 9.44. The smallest absolute Gasteiger partial charge is 0.104 e. The second-order valence-corrected chi connectivity index (χ2v) is 6.38. The predicted octanol–water partition coefficient (Wildman–Crippen LogP) is 4.32. The van der Waals surface area contributed by atoms with Crippen LogP contribution in [0.2, 0.25) is 0 Å². The first-order valence-electron chi connectivity index (χ1n) is 7.00. The van der Waals surface area contributed by atoms with E-state index in [1.54, 1.807) is 0 Å². The number of nitrogens with one attached hydrogen (secondary N) is 1. The third-order valence-corrected chi connectivity index (χ3v) is 4.12. The number of nitrogens with two attached hydrogens (primary N) is 1. The van der Waals surface area contributed by atoms with E-state index < -0.39 is 0 Å². The van der Waals surface area contributed by atoms with Gasteiger partial charge in [0.1, 0.15) is 4.99 Å². The molecule has 0 bridgehead atoms. The highest BCUT2D eigenvalue weighted by molar-refractivity contribution is 7.80. The average molecular weight is 286 g/mol. The van der Waals surface area contributed by atoms with Gasteiger partial charge in [0.2, 0.25) is 0 Å². The first-order valence-corrected chi connectivity index (χ1v) is 7.41. The van der Waals surface area contributed by atoms with Crippen molar-refractivity contribution in [3.05, 3.63) is 42.0 Å². The van der Waals surface area contributed by atoms with Crippen LogP contribution < -0.4 is 11.1 Å². The molecule has 0 radical (unpaired) electrons. The van der Waals surface area contributed by atoms with E-state index in [1.165, 1.54) is 5.39 Å². The summed E-state index contributed by atoms with van der Waals surface area (Å²) in [7, 11) is 0. The fourth-order valence-corrected chi connectivity index (χ4v) is 2.31. The van der Waals surface area contributed by atoms with Crippen molar-refractivity contribution in [3.63, 3.8) is 0 Å². The van der Waals surface area contributed by atoms with Gasteiger partial charge in [-0.2, -0.15) is 0 Å². The normalized spacial score (nSPS) is 11.6. The van der Waals surface area contributed by atoms with Crippen LogP contribution in [0.25, 0.3) is 10.8 Å². The van der Waals surface area contributed by atoms with Gasteiger partial charge in [0, 0.05) is 23.2 Å². The van der Waals surface area contributed by atoms with Crippen molar-refractivity contribution in [2.24, 2.45) is 11.1 Å². The summed E-state index contributed by atoms with van der Waals surface area (Å²) < 4.78 is 0. The number of benzene rings is 2. The van der Waals surface area contributed by atoms with E-state index in [0.29, 0.717) is 4.99 Å². The topological polar surface area (TPSA) is 38.0 Å². The highest BCUT2D eigenvalue weighted by atomic mass is 32.1. The van der Waals surface area contributed by atoms with Crippen LogP contribution in [0.1, 0.15) is 32.8 Å². The molecule has 0 amide bonds. The molecule has 0 aliphatic heterocycles. The summed E-state index contributed by atoms with van der Waals surface area (Å²) >= 11 is 5.13. The Bertz CT molecular complexity index is 632. The van der Waals surface area contributed by atoms with E-state index in [2.05, 4.69) is 44.3 Å². The zero-order valence-electron chi connectivity index (χ0n) is 12.4. The van der Waals surface area contributed by atoms with Crippen molar-refractivity contribution in [1.29, 1.82) is 0 Å². The molecule has 0 unspecified atom stereocenters. The number of hydrogen-bond donors (Lipinski definition) is 2. The number of thiocarbonyl (C=S) groups is 1. The molecule has 0 aliphatic rings. The molecule has 3 N–H and O–H groups in total. The van der Waals surface area contributed by atoms with E-state index >= 15 is 0 Å². The maximum atomic E-state index is 5.81. The number of fused-ring (bicyclic) bond motifs is 1. The lowest BCUT2D eigenvalue weighted by Gasteiger charge is -2.24. The largest absolute Gasteiger partial charge is 0.389 e. The quantitative estimate of drug-likeness (QED) is 0.804. The number of anilines is 1. The molecular weight excluding hydrogens is 264 g/mol. The summed E-state index contributed by atoms with van der Waals surface area (Å²) in [6, 6.07) is 12.3. The summed E-state index contributed by atoms with van der Waals surface area (Å²) in [5, 5.41) is 5.84. The second kappa shape index (κ2) is 5.80. The predicted molar refractivity (Wildman–Crippen MR) is 92.4 cm³/mol. The third kappa shape index (κ3) is 3.10. The van der Waals surface area contributed by atoms with Crippen molar-refractivity contribution in [3.8, 4) is 0 Å². The monoisotopic (exact) mass is 286 g/mol. The van der Waals surface area contributed by atoms with Crippen LogP contribution in [-0.2, 0) is 0 Å². The first kappa shape index (κ1) is 14.8. The minimum atomic E-state index is 0.281. The Morgan fingerprint density at radius 1 is 1.15 bits per heavy atom. The number of hydrogen-bond acceptors (Lipinski definition) is 2. The Morgan fingerprint density at radius 3 is 2.40 bits per heavy atom. The van der Waals surface area contributed by atoms with Gasteiger partial charge in [0.15, 0.2) is 0 Å². The van der Waals surface area contributed by atoms with E-state index in [9.17, 15) is 0 Å². The Hall–Kier alpha value is -1.61. The third-order valence-electron chi connectivity index (χ3n) is 3.90. The Labute approximate surface area is 126 Å². The SMILES string of the molecule is CCC(C)(C)CNc1ccc(C(N)=S)c2ccccc12. The van der Waals surface area contributed by atoms with Gasteiger partial charge in [0.05, 0.1) is 0 Å². The standard InChI is InChI=1S/C17H22N2S/c1-4-17(2,3)11-19-15-10-9-14(16(18)20)12-7-5-6-8-13(12)15/h5-10,19H,4,11H2,1-3H3,(H2,18,20). The van der Waals surface area contributed by atoms with Crippen LogP contribution in [0, 0.1) is 5.41 Å². The van der Waals surface area contributed by atoms with Crippen molar-refractivity contribution in [2.45, 2.75) is 27.2 Å². The fourth-order valence-electron chi connectivity index (χ4n) is 2.13. The van der Waals surface area contributed by atoms with Crippen molar-refractivity contribution >= 4 is 33.7 Å². The summed E-state index contributed by atoms with van der Waals surface area (Å²) in [6.07, 6.45) is 1.14. The van der Waals surface area contributed by atoms with Crippen LogP contribution in [-0.4, -0.2) is 11.5 Å². The molecule has 2 aromatic rings. The minimum absolute atomic E-state index is 0.281. The van der Waals surface area contributed by atoms with E-state index in [0.717, 1.165) is 29.6 Å². The Kier molecular flexibility index (Phi) is 4.29. The molecule has 2 nitrogen and oxygen atoms in total. The number of rotatable bonds is 5. The van der Waals surface area contributed by atoms with Gasteiger partial charge >= 0.3 is 0 Å². The molecule has 3 heteroatoms. The summed E-state index contributed by atoms with van der Waals surface area (Å²) in [5.41, 5.74) is 8.17. The second-order valence-electron chi connectivity index (χ2n) is 5.94. The fraction of sp³-hybridized carbons (Fsp3) is 0.353. The zero-order chi connectivity index (χ0) is 14.8. The van der Waals surface area contributed by atoms with Gasteiger partial charge < -0.3 is 11.1 Å². The Morgan fingerprint density at radius 2 is 1.80 bits per heavy atom. The lowest BCUT2D eigenvalue weighted by molar-refractivity contribution is 0.377. The lowest BCUT2D eigenvalue weighted by atomic mass is 9.90. The highest BCUT2D eigenvalue weighted by Crippen LogP contribution is 2.28. The zero-order valence-corrected chi connectivity index (χ0v) is 13.2. The maximum absolute atomic E-state index is 5.81. The molecule has 106 valence electrons. The average Bonchev–Trinajstić information content (AvgIpc) is 2.44. The van der Waals surface area contributed by atoms with E-state index in [1.807, 2.05) is 18.2 Å². The van der Waals surface area contributed by atoms with Gasteiger partial charge in [-0.15, -0.1) is 0 Å².